The number of nitrogens with zero attached hydrogens (tertiary/aromatic N) is 2. The van der Waals surface area contributed by atoms with Gasteiger partial charge >= 0.3 is 0 Å². The van der Waals surface area contributed by atoms with E-state index >= 15 is 0 Å². The molecule has 8 heteroatoms. The Morgan fingerprint density at radius 1 is 1.23 bits per heavy atom. The molecule has 0 aliphatic carbocycles. The van der Waals surface area contributed by atoms with Crippen LogP contribution in [0.2, 0.25) is 0 Å². The fraction of sp³-hybridized carbons (Fsp3) is 0.111. The van der Waals surface area contributed by atoms with Gasteiger partial charge < -0.3 is 4.74 Å². The number of nitrogens with one attached hydrogen (secondary N) is 1. The second-order valence-corrected chi connectivity index (χ2v) is 6.29. The summed E-state index contributed by atoms with van der Waals surface area (Å²) < 4.78 is 5.13. The van der Waals surface area contributed by atoms with Crippen molar-refractivity contribution in [2.24, 2.45) is 0 Å². The molecular weight excluding hydrogens is 354 g/mol. The summed E-state index contributed by atoms with van der Waals surface area (Å²) in [6.45, 7) is 1.55. The van der Waals surface area contributed by atoms with Crippen LogP contribution in [0.15, 0.2) is 47.8 Å². The summed E-state index contributed by atoms with van der Waals surface area (Å²) in [4.78, 5) is 27.4. The number of benzene rings is 2. The van der Waals surface area contributed by atoms with Crippen LogP contribution in [0.1, 0.15) is 15.9 Å². The van der Waals surface area contributed by atoms with Gasteiger partial charge in [-0.25, -0.2) is 4.98 Å². The van der Waals surface area contributed by atoms with Crippen molar-refractivity contribution in [3.8, 4) is 17.0 Å². The molecule has 26 heavy (non-hydrogen) atoms. The molecule has 132 valence electrons. The van der Waals surface area contributed by atoms with Crippen molar-refractivity contribution in [1.29, 1.82) is 0 Å². The number of ether oxygens (including phenoxy) is 1. The lowest BCUT2D eigenvalue weighted by Gasteiger charge is -2.05. The van der Waals surface area contributed by atoms with Crippen molar-refractivity contribution in [2.45, 2.75) is 6.92 Å². The third-order valence-corrected chi connectivity index (χ3v) is 4.61. The molecule has 0 saturated heterocycles. The number of hydrogen-bond donors (Lipinski definition) is 1. The van der Waals surface area contributed by atoms with Crippen molar-refractivity contribution in [1.82, 2.24) is 4.98 Å². The number of methoxy groups -OCH3 is 1. The zero-order valence-corrected chi connectivity index (χ0v) is 14.9. The lowest BCUT2D eigenvalue weighted by Crippen LogP contribution is -2.14. The van der Waals surface area contributed by atoms with Crippen LogP contribution >= 0.6 is 11.3 Å². The number of anilines is 1. The summed E-state index contributed by atoms with van der Waals surface area (Å²) in [6, 6.07) is 11.8. The zero-order chi connectivity index (χ0) is 18.7. The molecule has 0 radical (unpaired) electrons. The maximum absolute atomic E-state index is 12.5. The number of amides is 1. The van der Waals surface area contributed by atoms with E-state index in [9.17, 15) is 14.9 Å². The Morgan fingerprint density at radius 2 is 1.96 bits per heavy atom. The van der Waals surface area contributed by atoms with E-state index in [2.05, 4.69) is 10.3 Å². The minimum atomic E-state index is -0.503. The summed E-state index contributed by atoms with van der Waals surface area (Å²) in [5.41, 5.74) is 2.11. The summed E-state index contributed by atoms with van der Waals surface area (Å²) in [7, 11) is 1.60. The fourth-order valence-corrected chi connectivity index (χ4v) is 3.17. The number of thiazole rings is 1. The van der Waals surface area contributed by atoms with Crippen LogP contribution in [0.3, 0.4) is 0 Å². The van der Waals surface area contributed by atoms with Gasteiger partial charge in [-0.2, -0.15) is 0 Å². The minimum Gasteiger partial charge on any atom is -0.497 e. The third-order valence-electron chi connectivity index (χ3n) is 3.86. The van der Waals surface area contributed by atoms with Gasteiger partial charge in [0.25, 0.3) is 11.6 Å². The Morgan fingerprint density at radius 3 is 2.62 bits per heavy atom. The van der Waals surface area contributed by atoms with Crippen molar-refractivity contribution < 1.29 is 14.5 Å². The molecule has 1 N–H and O–H groups in total. The number of aromatic nitrogens is 1. The van der Waals surface area contributed by atoms with Gasteiger partial charge in [-0.05, 0) is 37.3 Å². The molecule has 2 aromatic carbocycles. The normalized spacial score (nSPS) is 10.4. The van der Waals surface area contributed by atoms with Crippen molar-refractivity contribution in [3.05, 3.63) is 69.1 Å². The summed E-state index contributed by atoms with van der Waals surface area (Å²) >= 11 is 1.29. The molecule has 1 amide bonds. The smallest absolute Gasteiger partial charge is 0.273 e. The molecule has 3 aromatic rings. The Labute approximate surface area is 153 Å². The Hall–Kier alpha value is -3.26. The molecule has 0 fully saturated rings. The lowest BCUT2D eigenvalue weighted by molar-refractivity contribution is -0.385. The van der Waals surface area contributed by atoms with E-state index in [1.807, 2.05) is 29.6 Å². The number of rotatable bonds is 5. The topological polar surface area (TPSA) is 94.4 Å². The highest BCUT2D eigenvalue weighted by molar-refractivity contribution is 7.14. The molecule has 7 nitrogen and oxygen atoms in total. The highest BCUT2D eigenvalue weighted by atomic mass is 32.1. The highest BCUT2D eigenvalue weighted by Crippen LogP contribution is 2.27. The van der Waals surface area contributed by atoms with E-state index in [1.165, 1.54) is 23.5 Å². The van der Waals surface area contributed by atoms with Crippen LogP contribution in [0.5, 0.6) is 5.75 Å². The number of hydrogen-bond acceptors (Lipinski definition) is 6. The lowest BCUT2D eigenvalue weighted by atomic mass is 10.1. The average Bonchev–Trinajstić information content (AvgIpc) is 3.10. The molecule has 0 unspecified atom stereocenters. The van der Waals surface area contributed by atoms with E-state index in [-0.39, 0.29) is 11.3 Å². The fourth-order valence-electron chi connectivity index (χ4n) is 2.46. The summed E-state index contributed by atoms with van der Waals surface area (Å²) in [5.74, 6) is 0.320. The number of nitro groups is 1. The van der Waals surface area contributed by atoms with Gasteiger partial charge in [-0.15, -0.1) is 11.3 Å². The molecule has 0 bridgehead atoms. The molecular formula is C18H15N3O4S. The maximum Gasteiger partial charge on any atom is 0.273 e. The Kier molecular flexibility index (Phi) is 4.94. The largest absolute Gasteiger partial charge is 0.497 e. The summed E-state index contributed by atoms with van der Waals surface area (Å²) in [6.07, 6.45) is 0. The van der Waals surface area contributed by atoms with Crippen LogP contribution in [0.25, 0.3) is 11.3 Å². The van der Waals surface area contributed by atoms with Crippen LogP contribution in [0.4, 0.5) is 10.8 Å². The van der Waals surface area contributed by atoms with Crippen molar-refractivity contribution in [2.75, 3.05) is 12.4 Å². The second-order valence-electron chi connectivity index (χ2n) is 5.43. The molecule has 0 saturated carbocycles. The average molecular weight is 369 g/mol. The van der Waals surface area contributed by atoms with Crippen LogP contribution in [-0.4, -0.2) is 22.9 Å². The van der Waals surface area contributed by atoms with E-state index in [4.69, 9.17) is 4.74 Å². The monoisotopic (exact) mass is 369 g/mol. The van der Waals surface area contributed by atoms with Crippen LogP contribution < -0.4 is 10.1 Å². The molecule has 1 heterocycles. The van der Waals surface area contributed by atoms with Gasteiger partial charge in [0.1, 0.15) is 5.75 Å². The molecule has 1 aromatic heterocycles. The first-order valence-corrected chi connectivity index (χ1v) is 8.53. The predicted molar refractivity (Wildman–Crippen MR) is 99.9 cm³/mol. The van der Waals surface area contributed by atoms with Gasteiger partial charge in [0, 0.05) is 28.1 Å². The van der Waals surface area contributed by atoms with E-state index < -0.39 is 10.8 Å². The SMILES string of the molecule is COc1ccc(-c2csc(NC(=O)c3cccc([N+](=O)[O-])c3C)n2)cc1. The zero-order valence-electron chi connectivity index (χ0n) is 14.1. The van der Waals surface area contributed by atoms with Gasteiger partial charge in [-0.1, -0.05) is 6.07 Å². The van der Waals surface area contributed by atoms with E-state index in [0.717, 1.165) is 17.0 Å². The van der Waals surface area contributed by atoms with Gasteiger partial charge in [0.05, 0.1) is 17.7 Å². The quantitative estimate of drug-likeness (QED) is 0.535. The van der Waals surface area contributed by atoms with Crippen molar-refractivity contribution in [3.63, 3.8) is 0 Å². The maximum atomic E-state index is 12.5. The Balaban J connectivity index is 1.80. The van der Waals surface area contributed by atoms with Gasteiger partial charge in [0.2, 0.25) is 0 Å². The molecule has 0 aliphatic heterocycles. The molecule has 3 rings (SSSR count). The second kappa shape index (κ2) is 7.32. The standard InChI is InChI=1S/C18H15N3O4S/c1-11-14(4-3-5-16(11)21(23)24)17(22)20-18-19-15(10-26-18)12-6-8-13(25-2)9-7-12/h3-10H,1-2H3,(H,19,20,22). The third kappa shape index (κ3) is 3.55. The highest BCUT2D eigenvalue weighted by Gasteiger charge is 2.18. The molecule has 0 aliphatic rings. The minimum absolute atomic E-state index is 0.0873. The number of carbonyl (C=O) groups excluding carboxylic acids is 1. The first-order chi connectivity index (χ1) is 12.5. The Bertz CT molecular complexity index is 967. The summed E-state index contributed by atoms with van der Waals surface area (Å²) in [5, 5.41) is 16.0. The first kappa shape index (κ1) is 17.6. The first-order valence-electron chi connectivity index (χ1n) is 7.65. The van der Waals surface area contributed by atoms with Gasteiger partial charge in [0.15, 0.2) is 5.13 Å². The number of nitro benzene ring substituents is 1. The van der Waals surface area contributed by atoms with E-state index in [0.29, 0.717) is 10.7 Å². The predicted octanol–water partition coefficient (Wildman–Crippen LogP) is 4.29. The van der Waals surface area contributed by atoms with Crippen LogP contribution in [-0.2, 0) is 0 Å². The molecule has 0 atom stereocenters. The van der Waals surface area contributed by atoms with Crippen molar-refractivity contribution >= 4 is 28.1 Å². The van der Waals surface area contributed by atoms with Crippen LogP contribution in [0, 0.1) is 17.0 Å². The number of carbonyl (C=O) groups is 1. The van der Waals surface area contributed by atoms with E-state index in [1.54, 1.807) is 20.1 Å². The molecule has 0 spiro atoms. The van der Waals surface area contributed by atoms with Gasteiger partial charge in [-0.3, -0.25) is 20.2 Å².